The average molecular weight is 513 g/mol. The van der Waals surface area contributed by atoms with E-state index in [1.807, 2.05) is 6.07 Å². The fourth-order valence-corrected chi connectivity index (χ4v) is 3.68. The number of aromatic nitrogens is 2. The summed E-state index contributed by atoms with van der Waals surface area (Å²) in [4.78, 5) is 17.8. The number of nitriles is 1. The van der Waals surface area contributed by atoms with Crippen LogP contribution >= 0.6 is 11.6 Å². The lowest BCUT2D eigenvalue weighted by Gasteiger charge is -2.13. The molecule has 7 nitrogen and oxygen atoms in total. The highest BCUT2D eigenvalue weighted by atomic mass is 35.5. The van der Waals surface area contributed by atoms with E-state index in [1.165, 1.54) is 43.7 Å². The van der Waals surface area contributed by atoms with Gasteiger partial charge in [-0.05, 0) is 30.3 Å². The van der Waals surface area contributed by atoms with Gasteiger partial charge in [0.25, 0.3) is 5.56 Å². The summed E-state index contributed by atoms with van der Waals surface area (Å²) >= 11 is 6.16. The SMILES string of the molecule is COc1cc(Cl)cc(C=Nn2c(-c3cccc(C(F)(F)F)c3)nc3ccccc3c2=O)c1OCC#N. The number of benzene rings is 3. The van der Waals surface area contributed by atoms with Gasteiger partial charge in [0.05, 0.1) is 29.8 Å². The second-order valence-electron chi connectivity index (χ2n) is 7.37. The van der Waals surface area contributed by atoms with Gasteiger partial charge in [-0.15, -0.1) is 0 Å². The number of nitrogens with zero attached hydrogens (tertiary/aromatic N) is 4. The molecule has 4 rings (SSSR count). The Balaban J connectivity index is 1.94. The van der Waals surface area contributed by atoms with Crippen molar-refractivity contribution in [2.24, 2.45) is 5.10 Å². The van der Waals surface area contributed by atoms with E-state index >= 15 is 0 Å². The Kier molecular flexibility index (Phi) is 6.94. The summed E-state index contributed by atoms with van der Waals surface area (Å²) < 4.78 is 51.7. The van der Waals surface area contributed by atoms with E-state index in [1.54, 1.807) is 18.2 Å². The first kappa shape index (κ1) is 24.8. The normalized spacial score (nSPS) is 11.6. The molecule has 0 bridgehead atoms. The molecule has 0 fully saturated rings. The first-order valence-corrected chi connectivity index (χ1v) is 10.7. The molecule has 4 aromatic rings. The van der Waals surface area contributed by atoms with Gasteiger partial charge >= 0.3 is 6.18 Å². The standard InChI is InChI=1S/C25H16ClF3N4O3/c1-35-21-13-18(26)12-16(22(21)36-10-9-30)14-31-33-23(15-5-4-6-17(11-15)25(27,28)29)32-20-8-3-2-7-19(20)24(33)34/h2-8,11-14H,10H2,1H3. The van der Waals surface area contributed by atoms with Crippen molar-refractivity contribution in [3.05, 3.63) is 87.2 Å². The molecule has 0 spiro atoms. The summed E-state index contributed by atoms with van der Waals surface area (Å²) in [5, 5.41) is 13.6. The largest absolute Gasteiger partial charge is 0.493 e. The third-order valence-corrected chi connectivity index (χ3v) is 5.28. The molecule has 0 saturated carbocycles. The van der Waals surface area contributed by atoms with Crippen LogP contribution < -0.4 is 15.0 Å². The lowest BCUT2D eigenvalue weighted by Crippen LogP contribution is -2.20. The molecule has 182 valence electrons. The number of halogens is 4. The van der Waals surface area contributed by atoms with E-state index in [2.05, 4.69) is 10.1 Å². The maximum atomic E-state index is 13.4. The summed E-state index contributed by atoms with van der Waals surface area (Å²) in [6, 6.07) is 15.7. The monoisotopic (exact) mass is 512 g/mol. The summed E-state index contributed by atoms with van der Waals surface area (Å²) in [5.74, 6) is 0.269. The van der Waals surface area contributed by atoms with Crippen LogP contribution in [-0.2, 0) is 6.18 Å². The Morgan fingerprint density at radius 2 is 1.94 bits per heavy atom. The van der Waals surface area contributed by atoms with Gasteiger partial charge in [-0.1, -0.05) is 35.9 Å². The average Bonchev–Trinajstić information content (AvgIpc) is 2.86. The first-order chi connectivity index (χ1) is 17.2. The van der Waals surface area contributed by atoms with Crippen molar-refractivity contribution in [3.63, 3.8) is 0 Å². The molecule has 1 heterocycles. The first-order valence-electron chi connectivity index (χ1n) is 10.3. The molecule has 1 aromatic heterocycles. The van der Waals surface area contributed by atoms with Gasteiger partial charge in [-0.2, -0.15) is 28.2 Å². The fourth-order valence-electron chi connectivity index (χ4n) is 3.47. The fraction of sp³-hybridized carbons (Fsp3) is 0.120. The summed E-state index contributed by atoms with van der Waals surface area (Å²) in [6.07, 6.45) is -3.36. The highest BCUT2D eigenvalue weighted by molar-refractivity contribution is 6.31. The third kappa shape index (κ3) is 5.01. The van der Waals surface area contributed by atoms with Crippen molar-refractivity contribution in [2.75, 3.05) is 13.7 Å². The number of alkyl halides is 3. The molecule has 0 amide bonds. The van der Waals surface area contributed by atoms with Gasteiger partial charge in [-0.25, -0.2) is 4.98 Å². The van der Waals surface area contributed by atoms with Crippen molar-refractivity contribution in [1.29, 1.82) is 5.26 Å². The zero-order valence-electron chi connectivity index (χ0n) is 18.6. The summed E-state index contributed by atoms with van der Waals surface area (Å²) in [5.41, 5.74) is -0.898. The van der Waals surface area contributed by atoms with Gasteiger partial charge in [0, 0.05) is 22.2 Å². The minimum absolute atomic E-state index is 0.0365. The smallest absolute Gasteiger partial charge is 0.416 e. The number of rotatable bonds is 6. The van der Waals surface area contributed by atoms with Crippen molar-refractivity contribution < 1.29 is 22.6 Å². The molecule has 0 atom stereocenters. The molecular formula is C25H16ClF3N4O3. The van der Waals surface area contributed by atoms with Crippen molar-refractivity contribution in [1.82, 2.24) is 9.66 Å². The minimum Gasteiger partial charge on any atom is -0.493 e. The lowest BCUT2D eigenvalue weighted by molar-refractivity contribution is -0.137. The molecule has 0 saturated heterocycles. The second-order valence-corrected chi connectivity index (χ2v) is 7.80. The van der Waals surface area contributed by atoms with Gasteiger partial charge < -0.3 is 9.47 Å². The van der Waals surface area contributed by atoms with E-state index in [0.29, 0.717) is 5.52 Å². The van der Waals surface area contributed by atoms with Crippen molar-refractivity contribution in [3.8, 4) is 29.0 Å². The minimum atomic E-state index is -4.59. The highest BCUT2D eigenvalue weighted by Gasteiger charge is 2.31. The number of methoxy groups -OCH3 is 1. The molecular weight excluding hydrogens is 497 g/mol. The lowest BCUT2D eigenvalue weighted by atomic mass is 10.1. The van der Waals surface area contributed by atoms with Crippen LogP contribution in [0.15, 0.2) is 70.6 Å². The Morgan fingerprint density at radius 1 is 1.17 bits per heavy atom. The van der Waals surface area contributed by atoms with Crippen LogP contribution in [0.3, 0.4) is 0 Å². The molecule has 0 unspecified atom stereocenters. The molecule has 3 aromatic carbocycles. The van der Waals surface area contributed by atoms with Gasteiger partial charge in [0.1, 0.15) is 6.07 Å². The Hall–Kier alpha value is -4.36. The molecule has 0 N–H and O–H groups in total. The highest BCUT2D eigenvalue weighted by Crippen LogP contribution is 2.34. The van der Waals surface area contributed by atoms with E-state index in [4.69, 9.17) is 26.3 Å². The zero-order chi connectivity index (χ0) is 25.9. The topological polar surface area (TPSA) is 89.5 Å². The van der Waals surface area contributed by atoms with E-state index < -0.39 is 17.3 Å². The van der Waals surface area contributed by atoms with Crippen LogP contribution in [0.5, 0.6) is 11.5 Å². The van der Waals surface area contributed by atoms with Gasteiger partial charge in [0.2, 0.25) is 0 Å². The number of hydrogen-bond acceptors (Lipinski definition) is 6. The maximum Gasteiger partial charge on any atom is 0.416 e. The van der Waals surface area contributed by atoms with Crippen LogP contribution in [0.4, 0.5) is 13.2 Å². The van der Waals surface area contributed by atoms with E-state index in [9.17, 15) is 18.0 Å². The molecule has 0 aliphatic rings. The number of ether oxygens (including phenoxy) is 2. The molecule has 0 aliphatic heterocycles. The number of hydrogen-bond donors (Lipinski definition) is 0. The van der Waals surface area contributed by atoms with Gasteiger partial charge in [0.15, 0.2) is 23.9 Å². The Labute approximate surface area is 207 Å². The molecule has 0 aliphatic carbocycles. The third-order valence-electron chi connectivity index (χ3n) is 5.06. The second kappa shape index (κ2) is 10.1. The maximum absolute atomic E-state index is 13.4. The zero-order valence-corrected chi connectivity index (χ0v) is 19.3. The Morgan fingerprint density at radius 3 is 2.67 bits per heavy atom. The van der Waals surface area contributed by atoms with Crippen LogP contribution in [0.25, 0.3) is 22.3 Å². The van der Waals surface area contributed by atoms with Crippen LogP contribution in [0.2, 0.25) is 5.02 Å². The summed E-state index contributed by atoms with van der Waals surface area (Å²) in [6.45, 7) is -0.300. The summed E-state index contributed by atoms with van der Waals surface area (Å²) in [7, 11) is 1.38. The van der Waals surface area contributed by atoms with Crippen LogP contribution in [0, 0.1) is 11.3 Å². The van der Waals surface area contributed by atoms with E-state index in [-0.39, 0.29) is 45.5 Å². The quantitative estimate of drug-likeness (QED) is 0.317. The van der Waals surface area contributed by atoms with Crippen LogP contribution in [-0.4, -0.2) is 29.6 Å². The number of para-hydroxylation sites is 1. The van der Waals surface area contributed by atoms with Crippen molar-refractivity contribution in [2.45, 2.75) is 6.18 Å². The van der Waals surface area contributed by atoms with E-state index in [0.717, 1.165) is 16.8 Å². The predicted molar refractivity (Wildman–Crippen MR) is 129 cm³/mol. The molecule has 36 heavy (non-hydrogen) atoms. The molecule has 0 radical (unpaired) electrons. The predicted octanol–water partition coefficient (Wildman–Crippen LogP) is 5.53. The van der Waals surface area contributed by atoms with Gasteiger partial charge in [-0.3, -0.25) is 4.79 Å². The van der Waals surface area contributed by atoms with Crippen LogP contribution in [0.1, 0.15) is 11.1 Å². The Bertz CT molecular complexity index is 1580. The molecule has 11 heteroatoms. The number of fused-ring (bicyclic) bond motifs is 1. The van der Waals surface area contributed by atoms with Crippen molar-refractivity contribution >= 4 is 28.7 Å².